The van der Waals surface area contributed by atoms with Crippen molar-refractivity contribution in [1.82, 2.24) is 0 Å². The minimum atomic E-state index is -1.60. The average Bonchev–Trinajstić information content (AvgIpc) is 1.96. The number of aromatic hydroxyl groups is 1. The first-order valence-electron chi connectivity index (χ1n) is 3.37. The van der Waals surface area contributed by atoms with Gasteiger partial charge in [-0.15, -0.1) is 0 Å². The molecule has 0 aliphatic heterocycles. The molecule has 0 aromatic heterocycles. The lowest BCUT2D eigenvalue weighted by atomic mass is 9.77. The monoisotopic (exact) mass is 186 g/mol. The van der Waals surface area contributed by atoms with Gasteiger partial charge in [0, 0.05) is 5.02 Å². The van der Waals surface area contributed by atoms with Crippen molar-refractivity contribution >= 4 is 24.2 Å². The van der Waals surface area contributed by atoms with Gasteiger partial charge in [-0.25, -0.2) is 0 Å². The summed E-state index contributed by atoms with van der Waals surface area (Å²) in [6.45, 7) is 1.58. The van der Waals surface area contributed by atoms with Crippen molar-refractivity contribution in [1.29, 1.82) is 0 Å². The van der Waals surface area contributed by atoms with Crippen molar-refractivity contribution in [2.45, 2.75) is 6.92 Å². The molecule has 0 fully saturated rings. The van der Waals surface area contributed by atoms with Gasteiger partial charge in [0.05, 0.1) is 0 Å². The Hall–Kier alpha value is -0.705. The number of benzene rings is 1. The van der Waals surface area contributed by atoms with Gasteiger partial charge < -0.3 is 15.2 Å². The number of halogens is 1. The first-order chi connectivity index (χ1) is 5.52. The summed E-state index contributed by atoms with van der Waals surface area (Å²) >= 11 is 5.58. The van der Waals surface area contributed by atoms with E-state index < -0.39 is 7.12 Å². The Balaban J connectivity index is 3.28. The molecule has 1 rings (SSSR count). The van der Waals surface area contributed by atoms with Gasteiger partial charge in [-0.1, -0.05) is 11.6 Å². The molecule has 0 bridgehead atoms. The molecule has 0 aliphatic carbocycles. The van der Waals surface area contributed by atoms with E-state index in [1.807, 2.05) is 0 Å². The highest BCUT2D eigenvalue weighted by Crippen LogP contribution is 2.19. The van der Waals surface area contributed by atoms with Crippen molar-refractivity contribution in [2.75, 3.05) is 0 Å². The maximum Gasteiger partial charge on any atom is 0.488 e. The van der Waals surface area contributed by atoms with Crippen molar-refractivity contribution in [3.05, 3.63) is 22.7 Å². The average molecular weight is 186 g/mol. The van der Waals surface area contributed by atoms with Gasteiger partial charge in [-0.05, 0) is 30.1 Å². The number of hydrogen-bond donors (Lipinski definition) is 3. The second kappa shape index (κ2) is 3.35. The molecular weight excluding hydrogens is 178 g/mol. The van der Waals surface area contributed by atoms with E-state index in [0.717, 1.165) is 0 Å². The molecule has 64 valence electrons. The van der Waals surface area contributed by atoms with Crippen LogP contribution in [-0.4, -0.2) is 22.3 Å². The third-order valence-electron chi connectivity index (χ3n) is 1.66. The SMILES string of the molecule is Cc1c(O)cc(Cl)cc1B(O)O. The van der Waals surface area contributed by atoms with Crippen LogP contribution in [0.2, 0.25) is 5.02 Å². The summed E-state index contributed by atoms with van der Waals surface area (Å²) < 4.78 is 0. The Morgan fingerprint density at radius 1 is 1.33 bits per heavy atom. The predicted octanol–water partition coefficient (Wildman–Crippen LogP) is 0.0338. The van der Waals surface area contributed by atoms with E-state index in [4.69, 9.17) is 21.6 Å². The zero-order chi connectivity index (χ0) is 9.30. The second-order valence-electron chi connectivity index (χ2n) is 2.51. The van der Waals surface area contributed by atoms with Gasteiger partial charge in [0.1, 0.15) is 5.75 Å². The maximum absolute atomic E-state index is 9.22. The minimum Gasteiger partial charge on any atom is -0.508 e. The van der Waals surface area contributed by atoms with E-state index in [1.54, 1.807) is 6.92 Å². The van der Waals surface area contributed by atoms with E-state index in [9.17, 15) is 5.11 Å². The van der Waals surface area contributed by atoms with E-state index in [0.29, 0.717) is 5.56 Å². The van der Waals surface area contributed by atoms with Gasteiger partial charge in [-0.2, -0.15) is 0 Å². The number of phenols is 1. The van der Waals surface area contributed by atoms with Gasteiger partial charge in [-0.3, -0.25) is 0 Å². The molecule has 3 nitrogen and oxygen atoms in total. The topological polar surface area (TPSA) is 60.7 Å². The van der Waals surface area contributed by atoms with Crippen molar-refractivity contribution in [3.63, 3.8) is 0 Å². The molecule has 0 saturated heterocycles. The zero-order valence-electron chi connectivity index (χ0n) is 6.45. The lowest BCUT2D eigenvalue weighted by Crippen LogP contribution is -2.32. The zero-order valence-corrected chi connectivity index (χ0v) is 7.21. The lowest BCUT2D eigenvalue weighted by Gasteiger charge is -2.06. The first-order valence-corrected chi connectivity index (χ1v) is 3.75. The molecule has 0 amide bonds. The molecule has 0 saturated carbocycles. The summed E-state index contributed by atoms with van der Waals surface area (Å²) in [7, 11) is -1.60. The highest BCUT2D eigenvalue weighted by atomic mass is 35.5. The van der Waals surface area contributed by atoms with E-state index >= 15 is 0 Å². The smallest absolute Gasteiger partial charge is 0.488 e. The largest absolute Gasteiger partial charge is 0.508 e. The first kappa shape index (κ1) is 9.38. The molecule has 0 spiro atoms. The second-order valence-corrected chi connectivity index (χ2v) is 2.95. The summed E-state index contributed by atoms with van der Waals surface area (Å²) in [6.07, 6.45) is 0. The fourth-order valence-corrected chi connectivity index (χ4v) is 1.17. The van der Waals surface area contributed by atoms with E-state index in [1.165, 1.54) is 12.1 Å². The standard InChI is InChI=1S/C7H8BClO3/c1-4-6(8(11)12)2-5(9)3-7(4)10/h2-3,10-12H,1H3. The summed E-state index contributed by atoms with van der Waals surface area (Å²) in [5, 5.41) is 27.2. The molecule has 12 heavy (non-hydrogen) atoms. The van der Waals surface area contributed by atoms with Crippen LogP contribution >= 0.6 is 11.6 Å². The molecule has 0 aliphatic rings. The normalized spacial score (nSPS) is 10.0. The third-order valence-corrected chi connectivity index (χ3v) is 1.88. The van der Waals surface area contributed by atoms with Crippen LogP contribution in [0.3, 0.4) is 0 Å². The Kier molecular flexibility index (Phi) is 2.62. The predicted molar refractivity (Wildman–Crippen MR) is 47.7 cm³/mol. The maximum atomic E-state index is 9.22. The molecule has 0 heterocycles. The Morgan fingerprint density at radius 2 is 1.92 bits per heavy atom. The van der Waals surface area contributed by atoms with Crippen LogP contribution in [0.25, 0.3) is 0 Å². The van der Waals surface area contributed by atoms with Crippen LogP contribution in [-0.2, 0) is 0 Å². The number of phenolic OH excluding ortho intramolecular Hbond substituents is 1. The minimum absolute atomic E-state index is 0.0365. The lowest BCUT2D eigenvalue weighted by molar-refractivity contribution is 0.424. The number of hydrogen-bond acceptors (Lipinski definition) is 3. The highest BCUT2D eigenvalue weighted by molar-refractivity contribution is 6.59. The van der Waals surface area contributed by atoms with Crippen LogP contribution in [0.1, 0.15) is 5.56 Å². The van der Waals surface area contributed by atoms with Gasteiger partial charge in [0.25, 0.3) is 0 Å². The Bertz CT molecular complexity index is 301. The molecule has 0 radical (unpaired) electrons. The molecular formula is C7H8BClO3. The van der Waals surface area contributed by atoms with Crippen molar-refractivity contribution < 1.29 is 15.2 Å². The Morgan fingerprint density at radius 3 is 2.42 bits per heavy atom. The molecule has 0 atom stereocenters. The van der Waals surface area contributed by atoms with Gasteiger partial charge in [0.2, 0.25) is 0 Å². The highest BCUT2D eigenvalue weighted by Gasteiger charge is 2.16. The number of rotatable bonds is 1. The van der Waals surface area contributed by atoms with Crippen molar-refractivity contribution in [2.24, 2.45) is 0 Å². The Labute approximate surface area is 75.4 Å². The molecule has 3 N–H and O–H groups in total. The third kappa shape index (κ3) is 1.72. The van der Waals surface area contributed by atoms with Crippen LogP contribution in [0.4, 0.5) is 0 Å². The van der Waals surface area contributed by atoms with Crippen molar-refractivity contribution in [3.8, 4) is 5.75 Å². The van der Waals surface area contributed by atoms with Crippen LogP contribution in [0.15, 0.2) is 12.1 Å². The quantitative estimate of drug-likeness (QED) is 0.543. The van der Waals surface area contributed by atoms with E-state index in [2.05, 4.69) is 0 Å². The van der Waals surface area contributed by atoms with E-state index in [-0.39, 0.29) is 16.2 Å². The summed E-state index contributed by atoms with van der Waals surface area (Å²) in [5.74, 6) is -0.0365. The van der Waals surface area contributed by atoms with Gasteiger partial charge in [0.15, 0.2) is 0 Å². The summed E-state index contributed by atoms with van der Waals surface area (Å²) in [6, 6.07) is 2.75. The summed E-state index contributed by atoms with van der Waals surface area (Å²) in [5.41, 5.74) is 0.648. The molecule has 1 aromatic rings. The van der Waals surface area contributed by atoms with Gasteiger partial charge >= 0.3 is 7.12 Å². The fourth-order valence-electron chi connectivity index (χ4n) is 0.953. The molecule has 5 heteroatoms. The van der Waals surface area contributed by atoms with Crippen LogP contribution in [0, 0.1) is 6.92 Å². The molecule has 1 aromatic carbocycles. The fraction of sp³-hybridized carbons (Fsp3) is 0.143. The van der Waals surface area contributed by atoms with Crippen LogP contribution < -0.4 is 5.46 Å². The molecule has 0 unspecified atom stereocenters. The van der Waals surface area contributed by atoms with Crippen LogP contribution in [0.5, 0.6) is 5.75 Å². The summed E-state index contributed by atoms with van der Waals surface area (Å²) in [4.78, 5) is 0.